The minimum absolute atomic E-state index is 0.0109. The van der Waals surface area contributed by atoms with Gasteiger partial charge in [0.15, 0.2) is 0 Å². The number of benzene rings is 1. The Kier molecular flexibility index (Phi) is 14.0. The number of rotatable bonds is 14. The van der Waals surface area contributed by atoms with Gasteiger partial charge >= 0.3 is 5.97 Å². The fourth-order valence-electron chi connectivity index (χ4n) is 6.53. The highest BCUT2D eigenvalue weighted by Gasteiger charge is 2.35. The molecule has 3 aromatic rings. The van der Waals surface area contributed by atoms with Crippen LogP contribution in [0.25, 0.3) is 0 Å². The molecule has 0 radical (unpaired) electrons. The molecule has 2 aromatic heterocycles. The third kappa shape index (κ3) is 9.74. The molecule has 274 valence electrons. The predicted octanol–water partition coefficient (Wildman–Crippen LogP) is 8.43. The maximum absolute atomic E-state index is 13.5. The van der Waals surface area contributed by atoms with Crippen LogP contribution in [0.1, 0.15) is 50.5 Å². The van der Waals surface area contributed by atoms with Crippen molar-refractivity contribution in [2.75, 3.05) is 44.2 Å². The van der Waals surface area contributed by atoms with Crippen molar-refractivity contribution in [3.05, 3.63) is 64.7 Å². The predicted molar refractivity (Wildman–Crippen MR) is 206 cm³/mol. The first-order valence-electron chi connectivity index (χ1n) is 16.2. The number of hydrogen-bond acceptors (Lipinski definition) is 8. The second-order valence-electron chi connectivity index (χ2n) is 12.6. The highest BCUT2D eigenvalue weighted by atomic mass is 79.9. The molecule has 2 saturated heterocycles. The minimum atomic E-state index is -4.13. The Balaban J connectivity index is 1.09. The lowest BCUT2D eigenvalue weighted by molar-refractivity contribution is -0.137. The number of aromatic nitrogens is 1. The monoisotopic (exact) mass is 932 g/mol. The summed E-state index contributed by atoms with van der Waals surface area (Å²) in [7, 11) is -7.84. The van der Waals surface area contributed by atoms with Gasteiger partial charge in [-0.2, -0.15) is 8.61 Å². The van der Waals surface area contributed by atoms with E-state index in [1.54, 1.807) is 24.3 Å². The summed E-state index contributed by atoms with van der Waals surface area (Å²) in [6, 6.07) is 8.48. The fraction of sp³-hybridized carbons (Fsp3) is 0.500. The molecule has 10 nitrogen and oxygen atoms in total. The van der Waals surface area contributed by atoms with Crippen LogP contribution in [0.2, 0.25) is 13.7 Å². The maximum Gasteiger partial charge on any atom is 0.318 e. The number of carboxylic acid groups (broad SMARTS) is 1. The molecule has 2 aliphatic heterocycles. The van der Waals surface area contributed by atoms with E-state index in [2.05, 4.69) is 41.7 Å². The zero-order chi connectivity index (χ0) is 36.2. The zero-order valence-electron chi connectivity index (χ0n) is 26.9. The first-order chi connectivity index (χ1) is 23.7. The topological polar surface area (TPSA) is 128 Å². The Hall–Kier alpha value is -1.01. The first kappa shape index (κ1) is 40.2. The molecule has 18 heteroatoms. The molecule has 0 amide bonds. The van der Waals surface area contributed by atoms with Crippen LogP contribution < -0.4 is 4.90 Å². The summed E-state index contributed by atoms with van der Waals surface area (Å²) in [5.41, 5.74) is 0.840. The van der Waals surface area contributed by atoms with Crippen LogP contribution in [0.3, 0.4) is 0 Å². The summed E-state index contributed by atoms with van der Waals surface area (Å²) in [5.74, 6) is 0.462. The molecule has 0 unspecified atom stereocenters. The summed E-state index contributed by atoms with van der Waals surface area (Å²) in [4.78, 5) is 18.2. The normalized spacial score (nSPS) is 17.1. The number of carboxylic acids is 1. The highest BCUT2D eigenvalue weighted by molar-refractivity contribution is 9.11. The van der Waals surface area contributed by atoms with E-state index < -0.39 is 32.6 Å². The van der Waals surface area contributed by atoms with Crippen molar-refractivity contribution < 1.29 is 26.7 Å². The molecule has 0 aliphatic carbocycles. The minimum Gasteiger partial charge on any atom is -0.480 e. The smallest absolute Gasteiger partial charge is 0.318 e. The number of pyridine rings is 1. The quantitative estimate of drug-likeness (QED) is 0.171. The molecule has 1 N–H and O–H groups in total. The van der Waals surface area contributed by atoms with Crippen molar-refractivity contribution in [1.29, 1.82) is 0 Å². The number of carbonyl (C=O) groups is 1. The summed E-state index contributed by atoms with van der Waals surface area (Å²) in [5, 5.41) is 10.0. The number of hydrogen-bond donors (Lipinski definition) is 1. The van der Waals surface area contributed by atoms with Crippen LogP contribution in [-0.4, -0.2) is 80.8 Å². The van der Waals surface area contributed by atoms with Gasteiger partial charge in [0.25, 0.3) is 0 Å². The molecular weight excluding hydrogens is 899 g/mol. The Morgan fingerprint density at radius 1 is 0.940 bits per heavy atom. The van der Waals surface area contributed by atoms with Gasteiger partial charge < -0.3 is 10.0 Å². The van der Waals surface area contributed by atoms with Crippen LogP contribution in [0, 0.1) is 11.8 Å². The summed E-state index contributed by atoms with van der Waals surface area (Å²) < 4.78 is 57.3. The zero-order valence-corrected chi connectivity index (χ0v) is 34.8. The summed E-state index contributed by atoms with van der Waals surface area (Å²) in [6.07, 6.45) is 8.47. The van der Waals surface area contributed by atoms with E-state index in [4.69, 9.17) is 34.8 Å². The van der Waals surface area contributed by atoms with Crippen molar-refractivity contribution in [3.63, 3.8) is 0 Å². The molecular formula is C32H37Br2Cl3N4O6S3. The van der Waals surface area contributed by atoms with E-state index in [1.807, 2.05) is 0 Å². The average Bonchev–Trinajstić information content (AvgIpc) is 3.34. The van der Waals surface area contributed by atoms with E-state index in [1.165, 1.54) is 16.6 Å². The Labute approximate surface area is 329 Å². The van der Waals surface area contributed by atoms with Gasteiger partial charge in [-0.05, 0) is 99.6 Å². The van der Waals surface area contributed by atoms with Gasteiger partial charge in [0.05, 0.1) is 8.95 Å². The lowest BCUT2D eigenvalue weighted by atomic mass is 9.87. The van der Waals surface area contributed by atoms with Gasteiger partial charge in [-0.25, -0.2) is 21.8 Å². The van der Waals surface area contributed by atoms with Gasteiger partial charge in [0.2, 0.25) is 20.0 Å². The van der Waals surface area contributed by atoms with Crippen molar-refractivity contribution in [2.24, 2.45) is 11.8 Å². The molecule has 0 spiro atoms. The molecule has 0 saturated carbocycles. The van der Waals surface area contributed by atoms with Gasteiger partial charge in [-0.1, -0.05) is 66.2 Å². The molecule has 1 aromatic carbocycles. The van der Waals surface area contributed by atoms with Gasteiger partial charge in [0, 0.05) is 43.9 Å². The molecule has 4 heterocycles. The fourth-order valence-corrected chi connectivity index (χ4v) is 13.7. The third-order valence-electron chi connectivity index (χ3n) is 9.35. The number of aliphatic carboxylic acids is 1. The van der Waals surface area contributed by atoms with E-state index in [9.17, 15) is 26.7 Å². The molecule has 5 rings (SSSR count). The van der Waals surface area contributed by atoms with Crippen LogP contribution >= 0.6 is 78.0 Å². The van der Waals surface area contributed by atoms with Gasteiger partial charge in [0.1, 0.15) is 30.8 Å². The number of nitrogens with zero attached hydrogens (tertiary/aromatic N) is 4. The van der Waals surface area contributed by atoms with Crippen LogP contribution in [0.5, 0.6) is 0 Å². The second-order valence-corrected chi connectivity index (χ2v) is 20.7. The van der Waals surface area contributed by atoms with Crippen LogP contribution in [0.4, 0.5) is 5.82 Å². The maximum atomic E-state index is 13.5. The number of thiophene rings is 1. The largest absolute Gasteiger partial charge is 0.480 e. The summed E-state index contributed by atoms with van der Waals surface area (Å²) >= 11 is 26.1. The standard InChI is InChI=1S/C32H37Br2Cl3N4O6S3/c33-26-18-25(49(44,45)41(20-27(42)43)17-12-23-4-6-24(35)7-5-23)19-38-32(26)39-13-8-21(9-14-39)2-1-3-22-10-15-40(16-11-22)50(46,47)29-28(34)30(36)48-31(29)37/h4-7,18-19,21-22H,1-3,8-17,20H2,(H,42,43). The molecule has 50 heavy (non-hydrogen) atoms. The van der Waals surface area contributed by atoms with Crippen molar-refractivity contribution in [1.82, 2.24) is 13.6 Å². The summed E-state index contributed by atoms with van der Waals surface area (Å²) in [6.45, 7) is 1.83. The molecule has 2 fully saturated rings. The van der Waals surface area contributed by atoms with E-state index in [0.29, 0.717) is 55.5 Å². The molecule has 2 aliphatic rings. The van der Waals surface area contributed by atoms with Crippen LogP contribution in [-0.2, 0) is 31.3 Å². The Bertz CT molecular complexity index is 1880. The number of anilines is 1. The van der Waals surface area contributed by atoms with E-state index in [0.717, 1.165) is 79.2 Å². The first-order valence-corrected chi connectivity index (χ1v) is 22.6. The number of sulfonamides is 2. The third-order valence-corrected chi connectivity index (χ3v) is 17.4. The SMILES string of the molecule is O=C(O)CN(CCc1ccc(Cl)cc1)S(=O)(=O)c1cnc(N2CCC(CCCC3CCN(S(=O)(=O)c4c(Cl)sc(Cl)c4Br)CC3)CC2)c(Br)c1. The van der Waals surface area contributed by atoms with Gasteiger partial charge in [-0.15, -0.1) is 11.3 Å². The Morgan fingerprint density at radius 3 is 2.08 bits per heavy atom. The second kappa shape index (κ2) is 17.4. The van der Waals surface area contributed by atoms with Crippen LogP contribution in [0.15, 0.2) is 55.3 Å². The van der Waals surface area contributed by atoms with Crippen molar-refractivity contribution in [3.8, 4) is 0 Å². The number of piperidine rings is 2. The van der Waals surface area contributed by atoms with Gasteiger partial charge in [-0.3, -0.25) is 4.79 Å². The van der Waals surface area contributed by atoms with E-state index in [-0.39, 0.29) is 20.7 Å². The van der Waals surface area contributed by atoms with Crippen molar-refractivity contribution >= 4 is 110 Å². The lowest BCUT2D eigenvalue weighted by Gasteiger charge is -2.34. The molecule has 0 atom stereocenters. The Morgan fingerprint density at radius 2 is 1.54 bits per heavy atom. The van der Waals surface area contributed by atoms with E-state index >= 15 is 0 Å². The number of halogens is 5. The average molecular weight is 936 g/mol. The molecule has 0 bridgehead atoms. The lowest BCUT2D eigenvalue weighted by Crippen LogP contribution is -2.38. The van der Waals surface area contributed by atoms with Crippen molar-refractivity contribution in [2.45, 2.75) is 61.2 Å². The highest BCUT2D eigenvalue weighted by Crippen LogP contribution is 2.44.